The number of alkyl halides is 3. The largest absolute Gasteiger partial charge is 0.468 e. The van der Waals surface area contributed by atoms with Gasteiger partial charge in [-0.3, -0.25) is 0 Å². The van der Waals surface area contributed by atoms with Crippen molar-refractivity contribution in [2.75, 3.05) is 19.9 Å². The summed E-state index contributed by atoms with van der Waals surface area (Å²) in [6.45, 7) is 3.29. The van der Waals surface area contributed by atoms with Crippen molar-refractivity contribution in [2.24, 2.45) is 0 Å². The Morgan fingerprint density at radius 2 is 2.05 bits per heavy atom. The molecule has 0 aliphatic rings. The Hall–Kier alpha value is -1.27. The fraction of sp³-hybridized carbons (Fsp3) is 0.571. The minimum Gasteiger partial charge on any atom is -0.468 e. The van der Waals surface area contributed by atoms with Crippen molar-refractivity contribution >= 4 is 0 Å². The maximum absolute atomic E-state index is 11.9. The van der Waals surface area contributed by atoms with Crippen molar-refractivity contribution in [1.82, 2.24) is 5.32 Å². The third kappa shape index (κ3) is 6.77. The SMILES string of the molecule is CCCNC(C)c1cccc(OCOCC(F)(F)F)c1. The molecule has 0 radical (unpaired) electrons. The van der Waals surface area contributed by atoms with Crippen molar-refractivity contribution < 1.29 is 22.6 Å². The standard InChI is InChI=1S/C14H20F3NO2/c1-3-7-18-11(2)12-5-4-6-13(8-12)20-10-19-9-14(15,16)17/h4-6,8,11,18H,3,7,9-10H2,1-2H3. The normalized spacial score (nSPS) is 13.2. The summed E-state index contributed by atoms with van der Waals surface area (Å²) >= 11 is 0. The zero-order valence-corrected chi connectivity index (χ0v) is 11.7. The maximum Gasteiger partial charge on any atom is 0.411 e. The summed E-state index contributed by atoms with van der Waals surface area (Å²) in [6.07, 6.45) is -3.30. The second kappa shape index (κ2) is 8.11. The van der Waals surface area contributed by atoms with Gasteiger partial charge in [0.05, 0.1) is 0 Å². The van der Waals surface area contributed by atoms with E-state index in [9.17, 15) is 13.2 Å². The number of nitrogens with one attached hydrogen (secondary N) is 1. The molecule has 1 aromatic rings. The molecule has 0 aliphatic carbocycles. The average molecular weight is 291 g/mol. The Morgan fingerprint density at radius 1 is 1.30 bits per heavy atom. The molecule has 0 aromatic heterocycles. The van der Waals surface area contributed by atoms with Crippen LogP contribution >= 0.6 is 0 Å². The molecule has 0 fully saturated rings. The van der Waals surface area contributed by atoms with E-state index in [-0.39, 0.29) is 6.04 Å². The van der Waals surface area contributed by atoms with Crippen LogP contribution in [-0.2, 0) is 4.74 Å². The Bertz CT molecular complexity index is 396. The molecule has 1 atom stereocenters. The van der Waals surface area contributed by atoms with E-state index < -0.39 is 19.6 Å². The van der Waals surface area contributed by atoms with E-state index >= 15 is 0 Å². The van der Waals surface area contributed by atoms with Gasteiger partial charge in [0.25, 0.3) is 0 Å². The second-order valence-electron chi connectivity index (χ2n) is 4.47. The van der Waals surface area contributed by atoms with Crippen molar-refractivity contribution in [2.45, 2.75) is 32.5 Å². The van der Waals surface area contributed by atoms with Gasteiger partial charge in [0.2, 0.25) is 0 Å². The summed E-state index contributed by atoms with van der Waals surface area (Å²) < 4.78 is 45.2. The third-order valence-electron chi connectivity index (χ3n) is 2.63. The molecule has 1 rings (SSSR count). The van der Waals surface area contributed by atoms with E-state index in [0.717, 1.165) is 18.5 Å². The van der Waals surface area contributed by atoms with Crippen LogP contribution in [0.1, 0.15) is 31.9 Å². The van der Waals surface area contributed by atoms with Gasteiger partial charge in [-0.15, -0.1) is 0 Å². The van der Waals surface area contributed by atoms with Crippen molar-refractivity contribution in [1.29, 1.82) is 0 Å². The van der Waals surface area contributed by atoms with Crippen LogP contribution in [0.15, 0.2) is 24.3 Å². The number of ether oxygens (including phenoxy) is 2. The van der Waals surface area contributed by atoms with Gasteiger partial charge >= 0.3 is 6.18 Å². The van der Waals surface area contributed by atoms with Gasteiger partial charge in [-0.05, 0) is 37.6 Å². The molecule has 114 valence electrons. The first-order valence-corrected chi connectivity index (χ1v) is 6.53. The third-order valence-corrected chi connectivity index (χ3v) is 2.63. The fourth-order valence-electron chi connectivity index (χ4n) is 1.62. The molecular formula is C14H20F3NO2. The van der Waals surface area contributed by atoms with Crippen LogP contribution in [0.4, 0.5) is 13.2 Å². The number of hydrogen-bond donors (Lipinski definition) is 1. The number of benzene rings is 1. The smallest absolute Gasteiger partial charge is 0.411 e. The maximum atomic E-state index is 11.9. The van der Waals surface area contributed by atoms with Crippen LogP contribution in [0.25, 0.3) is 0 Å². The number of halogens is 3. The Morgan fingerprint density at radius 3 is 2.70 bits per heavy atom. The first kappa shape index (κ1) is 16.8. The molecule has 20 heavy (non-hydrogen) atoms. The van der Waals surface area contributed by atoms with Crippen LogP contribution < -0.4 is 10.1 Å². The van der Waals surface area contributed by atoms with E-state index in [0.29, 0.717) is 5.75 Å². The summed E-state index contributed by atoms with van der Waals surface area (Å²) in [6, 6.07) is 7.39. The summed E-state index contributed by atoms with van der Waals surface area (Å²) in [5.41, 5.74) is 1.02. The van der Waals surface area contributed by atoms with E-state index in [4.69, 9.17) is 4.74 Å². The molecule has 3 nitrogen and oxygen atoms in total. The first-order valence-electron chi connectivity index (χ1n) is 6.53. The van der Waals surface area contributed by atoms with Crippen molar-refractivity contribution in [3.8, 4) is 5.75 Å². The summed E-state index contributed by atoms with van der Waals surface area (Å²) in [5, 5.41) is 3.33. The summed E-state index contributed by atoms with van der Waals surface area (Å²) in [5.74, 6) is 0.495. The predicted octanol–water partition coefficient (Wildman–Crippen LogP) is 3.66. The minimum absolute atomic E-state index is 0.162. The predicted molar refractivity (Wildman–Crippen MR) is 70.7 cm³/mol. The highest BCUT2D eigenvalue weighted by Gasteiger charge is 2.27. The van der Waals surface area contributed by atoms with Crippen LogP contribution in [-0.4, -0.2) is 26.1 Å². The quantitative estimate of drug-likeness (QED) is 0.585. The first-order chi connectivity index (χ1) is 9.42. The lowest BCUT2D eigenvalue weighted by atomic mass is 10.1. The molecule has 0 heterocycles. The molecule has 6 heteroatoms. The lowest BCUT2D eigenvalue weighted by Crippen LogP contribution is -2.20. The Balaban J connectivity index is 2.43. The zero-order valence-electron chi connectivity index (χ0n) is 11.7. The van der Waals surface area contributed by atoms with E-state index in [1.165, 1.54) is 0 Å². The average Bonchev–Trinajstić information content (AvgIpc) is 2.40. The highest BCUT2D eigenvalue weighted by atomic mass is 19.4. The van der Waals surface area contributed by atoms with E-state index in [1.807, 2.05) is 13.0 Å². The molecule has 0 amide bonds. The van der Waals surface area contributed by atoms with Crippen molar-refractivity contribution in [3.05, 3.63) is 29.8 Å². The molecule has 0 aliphatic heterocycles. The Labute approximate surface area is 117 Å². The lowest BCUT2D eigenvalue weighted by molar-refractivity contribution is -0.186. The topological polar surface area (TPSA) is 30.5 Å². The number of rotatable bonds is 8. The van der Waals surface area contributed by atoms with Crippen LogP contribution in [0, 0.1) is 0 Å². The summed E-state index contributed by atoms with van der Waals surface area (Å²) in [4.78, 5) is 0. The molecule has 0 saturated carbocycles. The molecule has 0 spiro atoms. The van der Waals surface area contributed by atoms with E-state index in [1.54, 1.807) is 18.2 Å². The lowest BCUT2D eigenvalue weighted by Gasteiger charge is -2.15. The minimum atomic E-state index is -4.33. The highest BCUT2D eigenvalue weighted by molar-refractivity contribution is 5.30. The van der Waals surface area contributed by atoms with Crippen molar-refractivity contribution in [3.63, 3.8) is 0 Å². The molecule has 1 unspecified atom stereocenters. The van der Waals surface area contributed by atoms with Gasteiger partial charge in [-0.25, -0.2) is 0 Å². The summed E-state index contributed by atoms with van der Waals surface area (Å²) in [7, 11) is 0. The molecular weight excluding hydrogens is 271 g/mol. The molecule has 1 aromatic carbocycles. The second-order valence-corrected chi connectivity index (χ2v) is 4.47. The number of hydrogen-bond acceptors (Lipinski definition) is 3. The van der Waals surface area contributed by atoms with Gasteiger partial charge in [0.15, 0.2) is 6.79 Å². The van der Waals surface area contributed by atoms with Crippen LogP contribution in [0.3, 0.4) is 0 Å². The fourth-order valence-corrected chi connectivity index (χ4v) is 1.62. The van der Waals surface area contributed by atoms with Gasteiger partial charge in [-0.1, -0.05) is 19.1 Å². The highest BCUT2D eigenvalue weighted by Crippen LogP contribution is 2.19. The van der Waals surface area contributed by atoms with E-state index in [2.05, 4.69) is 17.0 Å². The van der Waals surface area contributed by atoms with Gasteiger partial charge in [-0.2, -0.15) is 13.2 Å². The molecule has 0 bridgehead atoms. The van der Waals surface area contributed by atoms with Gasteiger partial charge in [0.1, 0.15) is 12.4 Å². The van der Waals surface area contributed by atoms with Gasteiger partial charge < -0.3 is 14.8 Å². The molecule has 1 N–H and O–H groups in total. The van der Waals surface area contributed by atoms with Crippen LogP contribution in [0.2, 0.25) is 0 Å². The molecule has 0 saturated heterocycles. The monoisotopic (exact) mass is 291 g/mol. The Kier molecular flexibility index (Phi) is 6.81. The van der Waals surface area contributed by atoms with Gasteiger partial charge in [0, 0.05) is 6.04 Å². The van der Waals surface area contributed by atoms with Crippen LogP contribution in [0.5, 0.6) is 5.75 Å². The zero-order chi connectivity index (χ0) is 15.0.